The Morgan fingerprint density at radius 1 is 1.23 bits per heavy atom. The maximum atomic E-state index is 12.5. The Morgan fingerprint density at radius 3 is 2.58 bits per heavy atom. The Bertz CT molecular complexity index is 679. The number of carbonyl (C=O) groups excluding carboxylic acids is 1. The molecule has 1 aromatic carbocycles. The van der Waals surface area contributed by atoms with Crippen LogP contribution in [-0.2, 0) is 22.6 Å². The van der Waals surface area contributed by atoms with E-state index in [0.29, 0.717) is 38.8 Å². The molecule has 1 atom stereocenters. The zero-order valence-corrected chi connectivity index (χ0v) is 15.4. The molecule has 1 aromatic rings. The van der Waals surface area contributed by atoms with Crippen molar-refractivity contribution in [3.63, 3.8) is 0 Å². The van der Waals surface area contributed by atoms with E-state index < -0.39 is 5.97 Å². The molecule has 0 spiro atoms. The molecular weight excluding hydrogens is 334 g/mol. The molecular formula is C20H27NO5. The van der Waals surface area contributed by atoms with Crippen molar-refractivity contribution in [2.24, 2.45) is 11.8 Å². The number of carboxylic acids is 1. The van der Waals surface area contributed by atoms with Crippen LogP contribution in [0.5, 0.6) is 11.5 Å². The molecule has 1 aliphatic carbocycles. The van der Waals surface area contributed by atoms with Crippen molar-refractivity contribution in [3.05, 3.63) is 23.3 Å². The Morgan fingerprint density at radius 2 is 1.92 bits per heavy atom. The largest absolute Gasteiger partial charge is 0.494 e. The highest BCUT2D eigenvalue weighted by atomic mass is 16.5. The van der Waals surface area contributed by atoms with Crippen molar-refractivity contribution in [2.75, 3.05) is 6.61 Å². The zero-order chi connectivity index (χ0) is 18.7. The Kier molecular flexibility index (Phi) is 5.69. The molecule has 6 nitrogen and oxygen atoms in total. The number of hydrogen-bond acceptors (Lipinski definition) is 4. The number of nitrogens with one attached hydrogen (secondary N) is 1. The summed E-state index contributed by atoms with van der Waals surface area (Å²) in [6.45, 7) is 4.93. The average Bonchev–Trinajstić information content (AvgIpc) is 2.98. The highest BCUT2D eigenvalue weighted by Gasteiger charge is 2.30. The Balaban J connectivity index is 1.61. The van der Waals surface area contributed by atoms with Crippen LogP contribution in [0.15, 0.2) is 12.1 Å². The molecule has 1 unspecified atom stereocenters. The zero-order valence-electron chi connectivity index (χ0n) is 15.4. The van der Waals surface area contributed by atoms with E-state index in [0.717, 1.165) is 29.0 Å². The summed E-state index contributed by atoms with van der Waals surface area (Å²) in [6, 6.07) is 3.98. The van der Waals surface area contributed by atoms with Gasteiger partial charge in [0.25, 0.3) is 0 Å². The minimum atomic E-state index is -0.752. The molecule has 1 heterocycles. The maximum absolute atomic E-state index is 12.5. The summed E-state index contributed by atoms with van der Waals surface area (Å²) in [6.07, 6.45) is 3.44. The predicted octanol–water partition coefficient (Wildman–Crippen LogP) is 2.92. The first-order valence-corrected chi connectivity index (χ1v) is 9.43. The van der Waals surface area contributed by atoms with Crippen LogP contribution in [0, 0.1) is 11.8 Å². The molecule has 142 valence electrons. The second kappa shape index (κ2) is 7.98. The van der Waals surface area contributed by atoms with Gasteiger partial charge in [0, 0.05) is 30.0 Å². The summed E-state index contributed by atoms with van der Waals surface area (Å²) in [7, 11) is 0. The van der Waals surface area contributed by atoms with Gasteiger partial charge in [-0.25, -0.2) is 0 Å². The van der Waals surface area contributed by atoms with E-state index >= 15 is 0 Å². The number of ether oxygens (including phenoxy) is 2. The van der Waals surface area contributed by atoms with Crippen molar-refractivity contribution in [2.45, 2.75) is 58.6 Å². The Labute approximate surface area is 153 Å². The maximum Gasteiger partial charge on any atom is 0.306 e. The van der Waals surface area contributed by atoms with Gasteiger partial charge < -0.3 is 19.9 Å². The molecule has 0 saturated heterocycles. The summed E-state index contributed by atoms with van der Waals surface area (Å²) >= 11 is 0. The molecule has 0 radical (unpaired) electrons. The summed E-state index contributed by atoms with van der Waals surface area (Å²) < 4.78 is 11.6. The number of aliphatic carboxylic acids is 1. The third kappa shape index (κ3) is 4.11. The average molecular weight is 361 g/mol. The van der Waals surface area contributed by atoms with E-state index in [1.54, 1.807) is 0 Å². The molecule has 1 aliphatic heterocycles. The van der Waals surface area contributed by atoms with E-state index in [9.17, 15) is 9.59 Å². The SMILES string of the molecule is CCOc1cc2c(cc1CNC(=O)C1CCC(C(=O)O)CC1)OC(C)C2. The van der Waals surface area contributed by atoms with Gasteiger partial charge in [-0.3, -0.25) is 9.59 Å². The first kappa shape index (κ1) is 18.5. The molecule has 6 heteroatoms. The minimum Gasteiger partial charge on any atom is -0.494 e. The Hall–Kier alpha value is -2.24. The lowest BCUT2D eigenvalue weighted by Crippen LogP contribution is -2.34. The van der Waals surface area contributed by atoms with Crippen molar-refractivity contribution < 1.29 is 24.2 Å². The van der Waals surface area contributed by atoms with Crippen molar-refractivity contribution in [1.82, 2.24) is 5.32 Å². The first-order chi connectivity index (χ1) is 12.5. The molecule has 0 aromatic heterocycles. The van der Waals surface area contributed by atoms with Gasteiger partial charge in [0.2, 0.25) is 5.91 Å². The van der Waals surface area contributed by atoms with Gasteiger partial charge in [-0.2, -0.15) is 0 Å². The molecule has 1 amide bonds. The molecule has 0 bridgehead atoms. The van der Waals surface area contributed by atoms with Gasteiger partial charge in [-0.05, 0) is 51.7 Å². The van der Waals surface area contributed by atoms with E-state index in [-0.39, 0.29) is 23.8 Å². The number of rotatable bonds is 6. The number of carbonyl (C=O) groups is 2. The predicted molar refractivity (Wildman–Crippen MR) is 96.3 cm³/mol. The van der Waals surface area contributed by atoms with Gasteiger partial charge >= 0.3 is 5.97 Å². The quantitative estimate of drug-likeness (QED) is 0.814. The van der Waals surface area contributed by atoms with E-state index in [1.165, 1.54) is 0 Å². The second-order valence-corrected chi connectivity index (χ2v) is 7.24. The van der Waals surface area contributed by atoms with Crippen LogP contribution >= 0.6 is 0 Å². The smallest absolute Gasteiger partial charge is 0.306 e. The molecule has 2 aliphatic rings. The van der Waals surface area contributed by atoms with E-state index in [2.05, 4.69) is 5.32 Å². The van der Waals surface area contributed by atoms with Gasteiger partial charge in [0.05, 0.1) is 12.5 Å². The summed E-state index contributed by atoms with van der Waals surface area (Å²) in [5.41, 5.74) is 2.05. The van der Waals surface area contributed by atoms with Gasteiger partial charge in [-0.1, -0.05) is 0 Å². The summed E-state index contributed by atoms with van der Waals surface area (Å²) in [5.74, 6) is 0.487. The molecule has 26 heavy (non-hydrogen) atoms. The number of hydrogen-bond donors (Lipinski definition) is 2. The summed E-state index contributed by atoms with van der Waals surface area (Å²) in [5, 5.41) is 12.1. The topological polar surface area (TPSA) is 84.9 Å². The molecule has 1 fully saturated rings. The molecule has 2 N–H and O–H groups in total. The lowest BCUT2D eigenvalue weighted by atomic mass is 9.81. The number of fused-ring (bicyclic) bond motifs is 1. The van der Waals surface area contributed by atoms with Crippen LogP contribution in [-0.4, -0.2) is 29.7 Å². The fourth-order valence-electron chi connectivity index (χ4n) is 3.84. The van der Waals surface area contributed by atoms with E-state index in [4.69, 9.17) is 14.6 Å². The number of amides is 1. The van der Waals surface area contributed by atoms with Crippen LogP contribution in [0.4, 0.5) is 0 Å². The third-order valence-electron chi connectivity index (χ3n) is 5.28. The van der Waals surface area contributed by atoms with Crippen LogP contribution in [0.25, 0.3) is 0 Å². The third-order valence-corrected chi connectivity index (χ3v) is 5.28. The number of carboxylic acid groups (broad SMARTS) is 1. The van der Waals surface area contributed by atoms with E-state index in [1.807, 2.05) is 26.0 Å². The van der Waals surface area contributed by atoms with Crippen molar-refractivity contribution in [1.29, 1.82) is 0 Å². The first-order valence-electron chi connectivity index (χ1n) is 9.43. The highest BCUT2D eigenvalue weighted by Crippen LogP contribution is 2.35. The second-order valence-electron chi connectivity index (χ2n) is 7.24. The fraction of sp³-hybridized carbons (Fsp3) is 0.600. The van der Waals surface area contributed by atoms with Crippen molar-refractivity contribution >= 4 is 11.9 Å². The normalized spacial score (nSPS) is 24.5. The molecule has 3 rings (SSSR count). The van der Waals surface area contributed by atoms with Crippen LogP contribution in [0.2, 0.25) is 0 Å². The van der Waals surface area contributed by atoms with Crippen LogP contribution < -0.4 is 14.8 Å². The lowest BCUT2D eigenvalue weighted by Gasteiger charge is -2.25. The lowest BCUT2D eigenvalue weighted by molar-refractivity contribution is -0.144. The van der Waals surface area contributed by atoms with Crippen LogP contribution in [0.3, 0.4) is 0 Å². The van der Waals surface area contributed by atoms with Crippen LogP contribution in [0.1, 0.15) is 50.7 Å². The standard InChI is InChI=1S/C20H27NO5/c1-3-25-17-9-15-8-12(2)26-18(15)10-16(17)11-21-19(22)13-4-6-14(7-5-13)20(23)24/h9-10,12-14H,3-8,11H2,1-2H3,(H,21,22)(H,23,24). The fourth-order valence-corrected chi connectivity index (χ4v) is 3.84. The summed E-state index contributed by atoms with van der Waals surface area (Å²) in [4.78, 5) is 23.5. The number of benzene rings is 1. The highest BCUT2D eigenvalue weighted by molar-refractivity contribution is 5.79. The molecule has 1 saturated carbocycles. The monoisotopic (exact) mass is 361 g/mol. The van der Waals surface area contributed by atoms with Crippen molar-refractivity contribution in [3.8, 4) is 11.5 Å². The minimum absolute atomic E-state index is 0.00827. The van der Waals surface area contributed by atoms with Gasteiger partial charge in [-0.15, -0.1) is 0 Å². The van der Waals surface area contributed by atoms with Gasteiger partial charge in [0.15, 0.2) is 0 Å². The van der Waals surface area contributed by atoms with Gasteiger partial charge in [0.1, 0.15) is 17.6 Å².